The molecule has 1 heterocycles. The van der Waals surface area contributed by atoms with Crippen molar-refractivity contribution in [2.24, 2.45) is 23.7 Å². The van der Waals surface area contributed by atoms with Gasteiger partial charge in [-0.2, -0.15) is 4.31 Å². The van der Waals surface area contributed by atoms with E-state index in [1.54, 1.807) is 12.1 Å². The van der Waals surface area contributed by atoms with Crippen LogP contribution < -0.4 is 5.32 Å². The fourth-order valence-electron chi connectivity index (χ4n) is 7.85. The molecular weight excluding hydrogens is 456 g/mol. The van der Waals surface area contributed by atoms with Gasteiger partial charge in [0, 0.05) is 18.8 Å². The molecule has 4 aliphatic carbocycles. The van der Waals surface area contributed by atoms with Crippen molar-refractivity contribution in [3.63, 3.8) is 0 Å². The third-order valence-electron chi connectivity index (χ3n) is 9.22. The zero-order valence-electron chi connectivity index (χ0n) is 20.6. The van der Waals surface area contributed by atoms with Gasteiger partial charge in [0.15, 0.2) is 0 Å². The van der Waals surface area contributed by atoms with Gasteiger partial charge in [-0.15, -0.1) is 0 Å². The second-order valence-electron chi connectivity index (χ2n) is 11.8. The zero-order chi connectivity index (χ0) is 24.2. The van der Waals surface area contributed by atoms with Gasteiger partial charge in [-0.1, -0.05) is 29.8 Å². The molecule has 1 atom stereocenters. The van der Waals surface area contributed by atoms with Crippen LogP contribution >= 0.6 is 0 Å². The molecule has 0 spiro atoms. The maximum atomic E-state index is 13.1. The SMILES string of the molecule is Cc1ccc(S(=O)(=O)N2CCC[C@H](C(=O)Nc3ccc(C45CC6CC(CC(C6)C4)C5)cc3)C2)cc1. The molecule has 186 valence electrons. The lowest BCUT2D eigenvalue weighted by atomic mass is 9.48. The summed E-state index contributed by atoms with van der Waals surface area (Å²) in [5.41, 5.74) is 3.63. The summed E-state index contributed by atoms with van der Waals surface area (Å²) >= 11 is 0. The highest BCUT2D eigenvalue weighted by atomic mass is 32.2. The van der Waals surface area contributed by atoms with Crippen molar-refractivity contribution in [1.29, 1.82) is 0 Å². The Kier molecular flexibility index (Phi) is 5.80. The highest BCUT2D eigenvalue weighted by molar-refractivity contribution is 7.89. The molecule has 1 aliphatic heterocycles. The van der Waals surface area contributed by atoms with Crippen molar-refractivity contribution in [2.45, 2.75) is 68.6 Å². The molecule has 0 radical (unpaired) electrons. The standard InChI is InChI=1S/C29H36N2O3S/c1-20-4-10-27(11-5-20)35(33,34)31-12-2-3-24(19-31)28(32)30-26-8-6-25(7-9-26)29-16-21-13-22(17-29)15-23(14-21)18-29/h4-11,21-24H,2-3,12-19H2,1H3,(H,30,32)/t21?,22?,23?,24-,29?/m0/s1. The maximum Gasteiger partial charge on any atom is 0.243 e. The molecule has 5 nitrogen and oxygen atoms in total. The van der Waals surface area contributed by atoms with Crippen molar-refractivity contribution in [3.05, 3.63) is 59.7 Å². The molecule has 2 aromatic carbocycles. The molecule has 5 aliphatic rings. The van der Waals surface area contributed by atoms with Crippen LogP contribution in [-0.2, 0) is 20.2 Å². The van der Waals surface area contributed by atoms with Crippen molar-refractivity contribution in [3.8, 4) is 0 Å². The van der Waals surface area contributed by atoms with Gasteiger partial charge in [-0.05, 0) is 111 Å². The summed E-state index contributed by atoms with van der Waals surface area (Å²) in [6.07, 6.45) is 9.70. The lowest BCUT2D eigenvalue weighted by Gasteiger charge is -2.57. The van der Waals surface area contributed by atoms with E-state index in [0.29, 0.717) is 29.7 Å². The van der Waals surface area contributed by atoms with Crippen molar-refractivity contribution in [2.75, 3.05) is 18.4 Å². The van der Waals surface area contributed by atoms with E-state index < -0.39 is 10.0 Å². The molecule has 4 bridgehead atoms. The fraction of sp³-hybridized carbons (Fsp3) is 0.552. The van der Waals surface area contributed by atoms with Crippen LogP contribution in [0.5, 0.6) is 0 Å². The minimum atomic E-state index is -3.59. The first-order chi connectivity index (χ1) is 16.8. The van der Waals surface area contributed by atoms with E-state index in [4.69, 9.17) is 0 Å². The lowest BCUT2D eigenvalue weighted by molar-refractivity contribution is -0.120. The van der Waals surface area contributed by atoms with E-state index in [1.165, 1.54) is 48.4 Å². The predicted octanol–water partition coefficient (Wildman–Crippen LogP) is 5.50. The first-order valence-corrected chi connectivity index (χ1v) is 14.7. The molecule has 7 rings (SSSR count). The number of rotatable bonds is 5. The van der Waals surface area contributed by atoms with Crippen LogP contribution in [0.2, 0.25) is 0 Å². The first kappa shape index (κ1) is 23.2. The predicted molar refractivity (Wildman–Crippen MR) is 138 cm³/mol. The van der Waals surface area contributed by atoms with Gasteiger partial charge in [0.25, 0.3) is 0 Å². The van der Waals surface area contributed by atoms with Crippen LogP contribution in [0.4, 0.5) is 5.69 Å². The Morgan fingerprint density at radius 1 is 0.914 bits per heavy atom. The van der Waals surface area contributed by atoms with Gasteiger partial charge in [-0.3, -0.25) is 4.79 Å². The molecule has 5 fully saturated rings. The van der Waals surface area contributed by atoms with Crippen LogP contribution in [0.25, 0.3) is 0 Å². The Morgan fingerprint density at radius 2 is 1.51 bits per heavy atom. The number of sulfonamides is 1. The Morgan fingerprint density at radius 3 is 2.11 bits per heavy atom. The Balaban J connectivity index is 1.12. The van der Waals surface area contributed by atoms with Crippen molar-refractivity contribution < 1.29 is 13.2 Å². The average Bonchev–Trinajstić information content (AvgIpc) is 2.84. The molecule has 4 saturated carbocycles. The summed E-state index contributed by atoms with van der Waals surface area (Å²) in [5.74, 6) is 2.30. The lowest BCUT2D eigenvalue weighted by Crippen LogP contribution is -2.48. The molecule has 0 aromatic heterocycles. The summed E-state index contributed by atoms with van der Waals surface area (Å²) < 4.78 is 27.7. The third kappa shape index (κ3) is 4.33. The summed E-state index contributed by atoms with van der Waals surface area (Å²) in [6, 6.07) is 15.5. The van der Waals surface area contributed by atoms with E-state index in [-0.39, 0.29) is 18.4 Å². The number of anilines is 1. The van der Waals surface area contributed by atoms with Gasteiger partial charge in [0.05, 0.1) is 10.8 Å². The summed E-state index contributed by atoms with van der Waals surface area (Å²) in [5, 5.41) is 3.07. The number of benzene rings is 2. The molecular formula is C29H36N2O3S. The van der Waals surface area contributed by atoms with Crippen LogP contribution in [0.1, 0.15) is 62.5 Å². The van der Waals surface area contributed by atoms with E-state index in [0.717, 1.165) is 29.0 Å². The van der Waals surface area contributed by atoms with Crippen molar-refractivity contribution in [1.82, 2.24) is 4.31 Å². The molecule has 35 heavy (non-hydrogen) atoms. The zero-order valence-corrected chi connectivity index (χ0v) is 21.4. The van der Waals surface area contributed by atoms with Crippen LogP contribution in [0, 0.1) is 30.6 Å². The number of piperidine rings is 1. The smallest absolute Gasteiger partial charge is 0.243 e. The molecule has 1 amide bonds. The number of carbonyl (C=O) groups is 1. The number of nitrogens with zero attached hydrogens (tertiary/aromatic N) is 1. The van der Waals surface area contributed by atoms with Gasteiger partial charge < -0.3 is 5.32 Å². The third-order valence-corrected chi connectivity index (χ3v) is 11.1. The highest BCUT2D eigenvalue weighted by Gasteiger charge is 2.51. The second kappa shape index (κ2) is 8.74. The molecule has 1 N–H and O–H groups in total. The number of hydrogen-bond donors (Lipinski definition) is 1. The van der Waals surface area contributed by atoms with E-state index in [1.807, 2.05) is 19.1 Å². The quantitative estimate of drug-likeness (QED) is 0.599. The van der Waals surface area contributed by atoms with E-state index >= 15 is 0 Å². The second-order valence-corrected chi connectivity index (χ2v) is 13.7. The largest absolute Gasteiger partial charge is 0.326 e. The first-order valence-electron chi connectivity index (χ1n) is 13.3. The number of hydrogen-bond acceptors (Lipinski definition) is 3. The number of aryl methyl sites for hydroxylation is 1. The van der Waals surface area contributed by atoms with Gasteiger partial charge >= 0.3 is 0 Å². The summed E-state index contributed by atoms with van der Waals surface area (Å²) in [4.78, 5) is 13.4. The monoisotopic (exact) mass is 492 g/mol. The molecule has 6 heteroatoms. The van der Waals surface area contributed by atoms with Gasteiger partial charge in [-0.25, -0.2) is 8.42 Å². The van der Waals surface area contributed by atoms with E-state index in [9.17, 15) is 13.2 Å². The van der Waals surface area contributed by atoms with Crippen LogP contribution in [0.15, 0.2) is 53.4 Å². The summed E-state index contributed by atoms with van der Waals surface area (Å²) in [7, 11) is -3.59. The average molecular weight is 493 g/mol. The Bertz CT molecular complexity index is 1170. The molecule has 0 unspecified atom stereocenters. The Hall–Kier alpha value is -2.18. The Labute approximate surface area is 209 Å². The topological polar surface area (TPSA) is 66.5 Å². The summed E-state index contributed by atoms with van der Waals surface area (Å²) in [6.45, 7) is 2.63. The highest BCUT2D eigenvalue weighted by Crippen LogP contribution is 2.60. The van der Waals surface area contributed by atoms with E-state index in [2.05, 4.69) is 29.6 Å². The van der Waals surface area contributed by atoms with Gasteiger partial charge in [0.1, 0.15) is 0 Å². The fourth-order valence-corrected chi connectivity index (χ4v) is 9.37. The number of carbonyl (C=O) groups excluding carboxylic acids is 1. The van der Waals surface area contributed by atoms with Crippen molar-refractivity contribution >= 4 is 21.6 Å². The number of amides is 1. The van der Waals surface area contributed by atoms with Crippen LogP contribution in [0.3, 0.4) is 0 Å². The van der Waals surface area contributed by atoms with Gasteiger partial charge in [0.2, 0.25) is 15.9 Å². The molecule has 1 saturated heterocycles. The molecule has 2 aromatic rings. The normalized spacial score (nSPS) is 32.5. The minimum absolute atomic E-state index is 0.0867. The minimum Gasteiger partial charge on any atom is -0.326 e. The number of nitrogens with one attached hydrogen (secondary N) is 1. The maximum absolute atomic E-state index is 13.1. The van der Waals surface area contributed by atoms with Crippen LogP contribution in [-0.4, -0.2) is 31.7 Å².